The van der Waals surface area contributed by atoms with Gasteiger partial charge in [0, 0.05) is 7.05 Å². The number of nitrogens with zero attached hydrogens (tertiary/aromatic N) is 1. The van der Waals surface area contributed by atoms with Gasteiger partial charge in [-0.25, -0.2) is 0 Å². The van der Waals surface area contributed by atoms with E-state index in [1.54, 1.807) is 14.2 Å². The van der Waals surface area contributed by atoms with E-state index in [0.717, 1.165) is 12.3 Å². The van der Waals surface area contributed by atoms with Crippen molar-refractivity contribution in [2.24, 2.45) is 5.92 Å². The molecule has 0 bridgehead atoms. The van der Waals surface area contributed by atoms with E-state index in [2.05, 4.69) is 0 Å². The number of hydrogen-bond acceptors (Lipinski definition) is 4. The van der Waals surface area contributed by atoms with Crippen LogP contribution >= 0.6 is 0 Å². The van der Waals surface area contributed by atoms with Crippen LogP contribution in [0.3, 0.4) is 0 Å². The molecule has 1 aliphatic rings. The van der Waals surface area contributed by atoms with Crippen LogP contribution in [0.1, 0.15) is 44.9 Å². The molecular formula is C13H27NO3. The Labute approximate surface area is 105 Å². The van der Waals surface area contributed by atoms with Crippen molar-refractivity contribution in [3.63, 3.8) is 0 Å². The normalized spacial score (nSPS) is 21.7. The van der Waals surface area contributed by atoms with Crippen molar-refractivity contribution in [1.82, 2.24) is 5.06 Å². The van der Waals surface area contributed by atoms with Gasteiger partial charge < -0.3 is 15.1 Å². The molecule has 4 nitrogen and oxygen atoms in total. The second-order valence-corrected chi connectivity index (χ2v) is 5.21. The molecule has 1 fully saturated rings. The molecule has 0 aromatic carbocycles. The van der Waals surface area contributed by atoms with E-state index in [-0.39, 0.29) is 0 Å². The first-order chi connectivity index (χ1) is 8.13. The Kier molecular flexibility index (Phi) is 7.04. The van der Waals surface area contributed by atoms with E-state index < -0.39 is 12.2 Å². The Balaban J connectivity index is 2.16. The highest BCUT2D eigenvalue weighted by molar-refractivity contribution is 4.72. The monoisotopic (exact) mass is 245 g/mol. The molecule has 0 aliphatic heterocycles. The van der Waals surface area contributed by atoms with Crippen molar-refractivity contribution in [2.75, 3.05) is 20.7 Å². The highest BCUT2D eigenvalue weighted by Crippen LogP contribution is 2.28. The average Bonchev–Trinajstić information content (AvgIpc) is 2.36. The lowest BCUT2D eigenvalue weighted by atomic mass is 9.85. The summed E-state index contributed by atoms with van der Waals surface area (Å²) >= 11 is 0. The minimum Gasteiger partial charge on any atom is -0.390 e. The third-order valence-corrected chi connectivity index (χ3v) is 3.80. The molecule has 2 atom stereocenters. The molecule has 0 aromatic rings. The van der Waals surface area contributed by atoms with E-state index in [1.807, 2.05) is 0 Å². The quantitative estimate of drug-likeness (QED) is 0.668. The van der Waals surface area contributed by atoms with Gasteiger partial charge in [0.2, 0.25) is 0 Å². The molecule has 0 aromatic heterocycles. The second-order valence-electron chi connectivity index (χ2n) is 5.21. The van der Waals surface area contributed by atoms with Crippen molar-refractivity contribution in [3.05, 3.63) is 0 Å². The molecule has 0 saturated heterocycles. The number of likely N-dealkylation sites (N-methyl/N-ethyl adjacent to an activating group) is 1. The molecule has 0 heterocycles. The molecule has 0 radical (unpaired) electrons. The molecule has 1 rings (SSSR count). The summed E-state index contributed by atoms with van der Waals surface area (Å²) < 4.78 is 0. The number of hydroxylamine groups is 2. The van der Waals surface area contributed by atoms with E-state index in [4.69, 9.17) is 4.84 Å². The standard InChI is InChI=1S/C13H27NO3/c1-14(17-2)10-13(16)12(15)9-8-11-6-4-3-5-7-11/h11-13,15-16H,3-10H2,1-2H3. The van der Waals surface area contributed by atoms with Crippen molar-refractivity contribution in [2.45, 2.75) is 57.2 Å². The zero-order valence-electron chi connectivity index (χ0n) is 11.1. The van der Waals surface area contributed by atoms with Gasteiger partial charge in [0.15, 0.2) is 0 Å². The van der Waals surface area contributed by atoms with Crippen LogP contribution in [0, 0.1) is 5.92 Å². The largest absolute Gasteiger partial charge is 0.390 e. The van der Waals surface area contributed by atoms with Gasteiger partial charge in [0.25, 0.3) is 0 Å². The van der Waals surface area contributed by atoms with E-state index in [9.17, 15) is 10.2 Å². The highest BCUT2D eigenvalue weighted by Gasteiger charge is 2.20. The van der Waals surface area contributed by atoms with Crippen molar-refractivity contribution < 1.29 is 15.1 Å². The van der Waals surface area contributed by atoms with Crippen LogP contribution in [0.25, 0.3) is 0 Å². The maximum Gasteiger partial charge on any atom is 0.0948 e. The van der Waals surface area contributed by atoms with Crippen molar-refractivity contribution >= 4 is 0 Å². The fourth-order valence-electron chi connectivity index (χ4n) is 2.53. The SMILES string of the molecule is CON(C)CC(O)C(O)CCC1CCCCC1. The van der Waals surface area contributed by atoms with Gasteiger partial charge in [-0.05, 0) is 18.8 Å². The van der Waals surface area contributed by atoms with Crippen LogP contribution in [0.4, 0.5) is 0 Å². The predicted octanol–water partition coefficient (Wildman–Crippen LogP) is 1.56. The van der Waals surface area contributed by atoms with Crippen molar-refractivity contribution in [3.8, 4) is 0 Å². The van der Waals surface area contributed by atoms with Crippen LogP contribution in [0.15, 0.2) is 0 Å². The highest BCUT2D eigenvalue weighted by atomic mass is 16.7. The first kappa shape index (κ1) is 14.9. The topological polar surface area (TPSA) is 52.9 Å². The molecule has 2 N–H and O–H groups in total. The molecule has 4 heteroatoms. The maximum atomic E-state index is 9.86. The lowest BCUT2D eigenvalue weighted by molar-refractivity contribution is -0.141. The van der Waals surface area contributed by atoms with Crippen LogP contribution in [-0.2, 0) is 4.84 Å². The van der Waals surface area contributed by atoms with Crippen LogP contribution < -0.4 is 0 Å². The lowest BCUT2D eigenvalue weighted by Crippen LogP contribution is -2.37. The minimum absolute atomic E-state index is 0.350. The molecule has 0 spiro atoms. The zero-order valence-corrected chi connectivity index (χ0v) is 11.1. The summed E-state index contributed by atoms with van der Waals surface area (Å²) in [5.74, 6) is 0.755. The number of hydrogen-bond donors (Lipinski definition) is 2. The average molecular weight is 245 g/mol. The van der Waals surface area contributed by atoms with Gasteiger partial charge in [0.1, 0.15) is 0 Å². The minimum atomic E-state index is -0.719. The summed E-state index contributed by atoms with van der Waals surface area (Å²) in [4.78, 5) is 4.93. The predicted molar refractivity (Wildman–Crippen MR) is 67.5 cm³/mol. The van der Waals surface area contributed by atoms with E-state index in [1.165, 1.54) is 37.2 Å². The van der Waals surface area contributed by atoms with Gasteiger partial charge in [0.05, 0.1) is 25.9 Å². The maximum absolute atomic E-state index is 9.86. The Hall–Kier alpha value is -0.160. The Morgan fingerprint density at radius 3 is 2.41 bits per heavy atom. The smallest absolute Gasteiger partial charge is 0.0948 e. The third kappa shape index (κ3) is 5.82. The fourth-order valence-corrected chi connectivity index (χ4v) is 2.53. The number of aliphatic hydroxyl groups excluding tert-OH is 2. The fraction of sp³-hybridized carbons (Fsp3) is 1.00. The molecule has 1 saturated carbocycles. The summed E-state index contributed by atoms with van der Waals surface area (Å²) in [6, 6.07) is 0. The van der Waals surface area contributed by atoms with E-state index >= 15 is 0 Å². The first-order valence-electron chi connectivity index (χ1n) is 6.75. The van der Waals surface area contributed by atoms with Gasteiger partial charge >= 0.3 is 0 Å². The zero-order chi connectivity index (χ0) is 12.7. The second kappa shape index (κ2) is 8.03. The summed E-state index contributed by atoms with van der Waals surface area (Å²) in [5, 5.41) is 21.2. The van der Waals surface area contributed by atoms with Crippen LogP contribution in [0.5, 0.6) is 0 Å². The van der Waals surface area contributed by atoms with E-state index in [0.29, 0.717) is 13.0 Å². The first-order valence-corrected chi connectivity index (χ1v) is 6.75. The van der Waals surface area contributed by atoms with Crippen LogP contribution in [0.2, 0.25) is 0 Å². The molecule has 0 amide bonds. The molecule has 1 aliphatic carbocycles. The van der Waals surface area contributed by atoms with Crippen molar-refractivity contribution in [1.29, 1.82) is 0 Å². The Morgan fingerprint density at radius 1 is 1.18 bits per heavy atom. The lowest BCUT2D eigenvalue weighted by Gasteiger charge is -2.25. The molecule has 102 valence electrons. The Bertz CT molecular complexity index is 195. The molecule has 17 heavy (non-hydrogen) atoms. The molecule has 2 unspecified atom stereocenters. The number of rotatable bonds is 7. The third-order valence-electron chi connectivity index (χ3n) is 3.80. The van der Waals surface area contributed by atoms with Crippen LogP contribution in [-0.4, -0.2) is 48.2 Å². The Morgan fingerprint density at radius 2 is 1.82 bits per heavy atom. The van der Waals surface area contributed by atoms with Gasteiger partial charge in [-0.15, -0.1) is 0 Å². The summed E-state index contributed by atoms with van der Waals surface area (Å²) in [6.45, 7) is 0.350. The van der Waals surface area contributed by atoms with Gasteiger partial charge in [-0.2, -0.15) is 5.06 Å². The number of aliphatic hydroxyl groups is 2. The molecular weight excluding hydrogens is 218 g/mol. The summed E-state index contributed by atoms with van der Waals surface area (Å²) in [5.41, 5.74) is 0. The van der Waals surface area contributed by atoms with Gasteiger partial charge in [-0.1, -0.05) is 32.1 Å². The van der Waals surface area contributed by atoms with Gasteiger partial charge in [-0.3, -0.25) is 0 Å². The summed E-state index contributed by atoms with van der Waals surface area (Å²) in [6.07, 6.45) is 6.99. The summed E-state index contributed by atoms with van der Waals surface area (Å²) in [7, 11) is 3.30.